The fourth-order valence-corrected chi connectivity index (χ4v) is 2.60. The number of aryl methyl sites for hydroxylation is 2. The minimum atomic E-state index is 0.170. The summed E-state index contributed by atoms with van der Waals surface area (Å²) in [5.74, 6) is 0.341. The minimum absolute atomic E-state index is 0.170. The molecule has 0 saturated heterocycles. The predicted molar refractivity (Wildman–Crippen MR) is 83.3 cm³/mol. The molecule has 0 amide bonds. The molecule has 0 aliphatic rings. The summed E-state index contributed by atoms with van der Waals surface area (Å²) in [6, 6.07) is 9.89. The monoisotopic (exact) mass is 270 g/mol. The Morgan fingerprint density at radius 3 is 1.95 bits per heavy atom. The van der Waals surface area contributed by atoms with Crippen LogP contribution in [-0.2, 0) is 19.3 Å². The first kappa shape index (κ1) is 14.4. The molecule has 2 heteroatoms. The van der Waals surface area contributed by atoms with E-state index in [0.717, 1.165) is 24.0 Å². The lowest BCUT2D eigenvalue weighted by molar-refractivity contribution is 0.440. The molecule has 2 aromatic carbocycles. The summed E-state index contributed by atoms with van der Waals surface area (Å²) in [6.07, 6.45) is 2.56. The molecule has 0 heterocycles. The molecular weight excluding hydrogens is 248 g/mol. The van der Waals surface area contributed by atoms with Crippen molar-refractivity contribution >= 4 is 0 Å². The molecular formula is C18H22O2. The topological polar surface area (TPSA) is 40.5 Å². The Balaban J connectivity index is 2.56. The van der Waals surface area contributed by atoms with Crippen molar-refractivity contribution in [2.45, 2.75) is 40.0 Å². The van der Waals surface area contributed by atoms with Gasteiger partial charge < -0.3 is 10.2 Å². The molecule has 2 N–H and O–H groups in total. The number of hydrogen-bond donors (Lipinski definition) is 2. The summed E-state index contributed by atoms with van der Waals surface area (Å²) in [4.78, 5) is 0. The lowest BCUT2D eigenvalue weighted by Crippen LogP contribution is -1.92. The third-order valence-electron chi connectivity index (χ3n) is 3.83. The van der Waals surface area contributed by atoms with Gasteiger partial charge in [0.1, 0.15) is 11.5 Å². The third kappa shape index (κ3) is 2.64. The first-order valence-corrected chi connectivity index (χ1v) is 7.27. The van der Waals surface area contributed by atoms with Crippen molar-refractivity contribution in [1.82, 2.24) is 0 Å². The van der Waals surface area contributed by atoms with E-state index in [0.29, 0.717) is 12.0 Å². The van der Waals surface area contributed by atoms with Crippen molar-refractivity contribution < 1.29 is 10.2 Å². The second kappa shape index (κ2) is 6.00. The van der Waals surface area contributed by atoms with E-state index in [2.05, 4.69) is 32.0 Å². The highest BCUT2D eigenvalue weighted by molar-refractivity contribution is 5.72. The average molecular weight is 270 g/mol. The number of aromatic hydroxyl groups is 2. The number of rotatable bonds is 4. The first-order chi connectivity index (χ1) is 9.60. The van der Waals surface area contributed by atoms with E-state index in [4.69, 9.17) is 0 Å². The van der Waals surface area contributed by atoms with Crippen molar-refractivity contribution in [3.8, 4) is 22.6 Å². The molecule has 2 aromatic rings. The normalized spacial score (nSPS) is 10.8. The van der Waals surface area contributed by atoms with E-state index in [1.54, 1.807) is 12.1 Å². The summed E-state index contributed by atoms with van der Waals surface area (Å²) in [6.45, 7) is 6.18. The highest BCUT2D eigenvalue weighted by Crippen LogP contribution is 2.35. The van der Waals surface area contributed by atoms with Crippen LogP contribution in [0.25, 0.3) is 11.1 Å². The van der Waals surface area contributed by atoms with Gasteiger partial charge in [-0.15, -0.1) is 0 Å². The standard InChI is InChI=1S/C18H22O2/c1-4-12-7-8-16(13(5-2)9-12)14-10-17(19)15(6-3)18(20)11-14/h7-11,19-20H,4-6H2,1-3H3. The molecule has 20 heavy (non-hydrogen) atoms. The lowest BCUT2D eigenvalue weighted by Gasteiger charge is -2.13. The highest BCUT2D eigenvalue weighted by Gasteiger charge is 2.11. The van der Waals surface area contributed by atoms with Gasteiger partial charge in [-0.25, -0.2) is 0 Å². The molecule has 2 rings (SSSR count). The van der Waals surface area contributed by atoms with E-state index in [9.17, 15) is 10.2 Å². The van der Waals surface area contributed by atoms with Gasteiger partial charge in [0.15, 0.2) is 0 Å². The van der Waals surface area contributed by atoms with Gasteiger partial charge in [0.2, 0.25) is 0 Å². The number of phenols is 2. The molecule has 2 nitrogen and oxygen atoms in total. The zero-order valence-electron chi connectivity index (χ0n) is 12.4. The Labute approximate surface area is 120 Å². The van der Waals surface area contributed by atoms with Crippen LogP contribution in [0.3, 0.4) is 0 Å². The van der Waals surface area contributed by atoms with Gasteiger partial charge in [-0.1, -0.05) is 39.0 Å². The Bertz CT molecular complexity index is 592. The van der Waals surface area contributed by atoms with Gasteiger partial charge in [-0.3, -0.25) is 0 Å². The smallest absolute Gasteiger partial charge is 0.123 e. The van der Waals surface area contributed by atoms with Crippen LogP contribution in [0.2, 0.25) is 0 Å². The average Bonchev–Trinajstić information content (AvgIpc) is 2.46. The van der Waals surface area contributed by atoms with Gasteiger partial charge in [-0.05, 0) is 53.6 Å². The Kier molecular flexibility index (Phi) is 4.33. The van der Waals surface area contributed by atoms with E-state index < -0.39 is 0 Å². The summed E-state index contributed by atoms with van der Waals surface area (Å²) < 4.78 is 0. The Morgan fingerprint density at radius 2 is 1.45 bits per heavy atom. The second-order valence-corrected chi connectivity index (χ2v) is 5.05. The molecule has 0 spiro atoms. The second-order valence-electron chi connectivity index (χ2n) is 5.05. The van der Waals surface area contributed by atoms with Crippen LogP contribution in [0, 0.1) is 0 Å². The van der Waals surface area contributed by atoms with Gasteiger partial charge in [0, 0.05) is 5.56 Å². The quantitative estimate of drug-likeness (QED) is 0.861. The zero-order chi connectivity index (χ0) is 14.7. The van der Waals surface area contributed by atoms with Gasteiger partial charge in [0.05, 0.1) is 0 Å². The molecule has 0 fully saturated rings. The SMILES string of the molecule is CCc1ccc(-c2cc(O)c(CC)c(O)c2)c(CC)c1. The molecule has 0 unspecified atom stereocenters. The van der Waals surface area contributed by atoms with Crippen molar-refractivity contribution in [1.29, 1.82) is 0 Å². The number of benzene rings is 2. The highest BCUT2D eigenvalue weighted by atomic mass is 16.3. The molecule has 0 aliphatic heterocycles. The Hall–Kier alpha value is -1.96. The Morgan fingerprint density at radius 1 is 0.800 bits per heavy atom. The fourth-order valence-electron chi connectivity index (χ4n) is 2.60. The molecule has 0 radical (unpaired) electrons. The molecule has 106 valence electrons. The van der Waals surface area contributed by atoms with Crippen molar-refractivity contribution in [3.05, 3.63) is 47.0 Å². The third-order valence-corrected chi connectivity index (χ3v) is 3.83. The largest absolute Gasteiger partial charge is 0.508 e. The lowest BCUT2D eigenvalue weighted by atomic mass is 9.94. The van der Waals surface area contributed by atoms with Crippen molar-refractivity contribution in [2.24, 2.45) is 0 Å². The molecule has 0 aromatic heterocycles. The predicted octanol–water partition coefficient (Wildman–Crippen LogP) is 4.45. The maximum atomic E-state index is 10.0. The van der Waals surface area contributed by atoms with Crippen LogP contribution in [0.5, 0.6) is 11.5 Å². The molecule has 0 aliphatic carbocycles. The number of hydrogen-bond acceptors (Lipinski definition) is 2. The van der Waals surface area contributed by atoms with E-state index in [-0.39, 0.29) is 11.5 Å². The summed E-state index contributed by atoms with van der Waals surface area (Å²) in [7, 11) is 0. The van der Waals surface area contributed by atoms with Crippen LogP contribution >= 0.6 is 0 Å². The fraction of sp³-hybridized carbons (Fsp3) is 0.333. The van der Waals surface area contributed by atoms with Crippen LogP contribution < -0.4 is 0 Å². The maximum Gasteiger partial charge on any atom is 0.123 e. The first-order valence-electron chi connectivity index (χ1n) is 7.27. The van der Waals surface area contributed by atoms with Crippen LogP contribution in [-0.4, -0.2) is 10.2 Å². The summed E-state index contributed by atoms with van der Waals surface area (Å²) >= 11 is 0. The molecule has 0 bridgehead atoms. The van der Waals surface area contributed by atoms with E-state index in [1.807, 2.05) is 6.92 Å². The van der Waals surface area contributed by atoms with Crippen LogP contribution in [0.1, 0.15) is 37.5 Å². The van der Waals surface area contributed by atoms with Crippen LogP contribution in [0.15, 0.2) is 30.3 Å². The van der Waals surface area contributed by atoms with Gasteiger partial charge in [0.25, 0.3) is 0 Å². The minimum Gasteiger partial charge on any atom is -0.508 e. The molecule has 0 atom stereocenters. The van der Waals surface area contributed by atoms with Gasteiger partial charge in [-0.2, -0.15) is 0 Å². The van der Waals surface area contributed by atoms with Crippen molar-refractivity contribution in [2.75, 3.05) is 0 Å². The van der Waals surface area contributed by atoms with E-state index >= 15 is 0 Å². The van der Waals surface area contributed by atoms with Gasteiger partial charge >= 0.3 is 0 Å². The summed E-state index contributed by atoms with van der Waals surface area (Å²) in [5, 5.41) is 20.1. The van der Waals surface area contributed by atoms with E-state index in [1.165, 1.54) is 11.1 Å². The number of phenolic OH excluding ortho intramolecular Hbond substituents is 2. The van der Waals surface area contributed by atoms with Crippen molar-refractivity contribution in [3.63, 3.8) is 0 Å². The zero-order valence-corrected chi connectivity index (χ0v) is 12.4. The maximum absolute atomic E-state index is 10.0. The summed E-state index contributed by atoms with van der Waals surface area (Å²) in [5.41, 5.74) is 5.11. The van der Waals surface area contributed by atoms with Crippen LogP contribution in [0.4, 0.5) is 0 Å². The molecule has 0 saturated carbocycles.